The number of rotatable bonds is 15. The van der Waals surface area contributed by atoms with Crippen LogP contribution in [0.4, 0.5) is 4.39 Å². The van der Waals surface area contributed by atoms with Crippen molar-refractivity contribution >= 4 is 29.5 Å². The quantitative estimate of drug-likeness (QED) is 0.205. The van der Waals surface area contributed by atoms with Gasteiger partial charge in [-0.05, 0) is 69.0 Å². The van der Waals surface area contributed by atoms with E-state index in [9.17, 15) is 14.3 Å². The van der Waals surface area contributed by atoms with Crippen molar-refractivity contribution in [2.24, 2.45) is 11.8 Å². The van der Waals surface area contributed by atoms with E-state index in [0.717, 1.165) is 34.0 Å². The predicted octanol–water partition coefficient (Wildman–Crippen LogP) is 5.52. The molecule has 6 nitrogen and oxygen atoms in total. The number of carboxylic acids is 1. The molecule has 0 amide bonds. The van der Waals surface area contributed by atoms with Gasteiger partial charge >= 0.3 is 5.97 Å². The minimum absolute atomic E-state index is 0.0190. The van der Waals surface area contributed by atoms with Crippen LogP contribution in [-0.2, 0) is 11.2 Å². The number of aromatic nitrogens is 1. The number of hydrogen-bond acceptors (Lipinski definition) is 5. The molecule has 4 N–H and O–H groups in total. The van der Waals surface area contributed by atoms with Crippen molar-refractivity contribution in [3.63, 3.8) is 0 Å². The number of quaternary nitrogens is 1. The topological polar surface area (TPSA) is 86.9 Å². The molecule has 0 fully saturated rings. The number of halogens is 2. The number of pyridine rings is 1. The second kappa shape index (κ2) is 15.1. The number of carboxylic acid groups (broad SMARTS) is 1. The van der Waals surface area contributed by atoms with Crippen LogP contribution in [0.2, 0.25) is 5.02 Å². The molecule has 3 rings (SSSR count). The molecular weight excluding hydrogens is 549 g/mol. The summed E-state index contributed by atoms with van der Waals surface area (Å²) in [6, 6.07) is 11.3. The van der Waals surface area contributed by atoms with Gasteiger partial charge in [-0.15, -0.1) is 0 Å². The molecule has 4 atom stereocenters. The number of aliphatic carboxylic acids is 1. The molecule has 0 saturated heterocycles. The van der Waals surface area contributed by atoms with E-state index in [1.54, 1.807) is 24.1 Å². The zero-order valence-electron chi connectivity index (χ0n) is 23.8. The second-order valence-corrected chi connectivity index (χ2v) is 13.1. The van der Waals surface area contributed by atoms with Gasteiger partial charge in [-0.2, -0.15) is 0 Å². The maximum Gasteiger partial charge on any atom is 0.303 e. The van der Waals surface area contributed by atoms with E-state index in [2.05, 4.69) is 37.1 Å². The first-order valence-electron chi connectivity index (χ1n) is 13.9. The van der Waals surface area contributed by atoms with E-state index in [-0.39, 0.29) is 29.6 Å². The normalized spacial score (nSPS) is 18.8. The highest BCUT2D eigenvalue weighted by Crippen LogP contribution is 2.32. The Morgan fingerprint density at radius 3 is 2.77 bits per heavy atom. The fraction of sp³-hybridized carbons (Fsp3) is 0.484. The Morgan fingerprint density at radius 2 is 2.08 bits per heavy atom. The number of likely N-dealkylation sites (N-methyl/N-ethyl adjacent to an activating group) is 1. The van der Waals surface area contributed by atoms with Gasteiger partial charge in [0.1, 0.15) is 30.4 Å². The van der Waals surface area contributed by atoms with Crippen LogP contribution in [0.1, 0.15) is 52.1 Å². The Balaban J connectivity index is 1.45. The van der Waals surface area contributed by atoms with Crippen molar-refractivity contribution in [1.29, 1.82) is 0 Å². The molecule has 1 aromatic carbocycles. The Bertz CT molecular complexity index is 1210. The van der Waals surface area contributed by atoms with Crippen LogP contribution in [0.15, 0.2) is 65.3 Å². The molecule has 0 bridgehead atoms. The lowest BCUT2D eigenvalue weighted by atomic mass is 9.83. The van der Waals surface area contributed by atoms with Crippen LogP contribution in [-0.4, -0.2) is 52.9 Å². The summed E-state index contributed by atoms with van der Waals surface area (Å²) in [6.45, 7) is 7.34. The van der Waals surface area contributed by atoms with Crippen LogP contribution in [0.5, 0.6) is 0 Å². The lowest BCUT2D eigenvalue weighted by Crippen LogP contribution is -3.03. The van der Waals surface area contributed by atoms with Gasteiger partial charge in [0.15, 0.2) is 0 Å². The summed E-state index contributed by atoms with van der Waals surface area (Å²) in [4.78, 5) is 16.4. The smallest absolute Gasteiger partial charge is 0.303 e. The molecule has 1 aliphatic carbocycles. The van der Waals surface area contributed by atoms with Gasteiger partial charge in [-0.1, -0.05) is 43.2 Å². The highest BCUT2D eigenvalue weighted by molar-refractivity contribution is 7.93. The molecule has 1 heterocycles. The number of hydrogen-bond donors (Lipinski definition) is 4. The molecule has 9 heteroatoms. The minimum atomic E-state index is -0.851. The third-order valence-electron chi connectivity index (χ3n) is 7.23. The first-order chi connectivity index (χ1) is 18.9. The Hall–Kier alpha value is -2.23. The largest absolute Gasteiger partial charge is 0.481 e. The molecule has 2 aromatic rings. The molecule has 40 heavy (non-hydrogen) atoms. The van der Waals surface area contributed by atoms with Crippen LogP contribution < -0.4 is 9.62 Å². The lowest BCUT2D eigenvalue weighted by Gasteiger charge is -2.29. The van der Waals surface area contributed by atoms with E-state index in [0.29, 0.717) is 35.9 Å². The zero-order valence-corrected chi connectivity index (χ0v) is 25.4. The molecule has 0 spiro atoms. The van der Waals surface area contributed by atoms with E-state index < -0.39 is 12.1 Å². The number of benzene rings is 1. The minimum Gasteiger partial charge on any atom is -0.481 e. The summed E-state index contributed by atoms with van der Waals surface area (Å²) in [7, 11) is 2.01. The third kappa shape index (κ3) is 10.3. The number of carbonyl (C=O) groups is 1. The summed E-state index contributed by atoms with van der Waals surface area (Å²) < 4.78 is 15.2. The van der Waals surface area contributed by atoms with Gasteiger partial charge in [0, 0.05) is 35.7 Å². The summed E-state index contributed by atoms with van der Waals surface area (Å²) >= 11 is 8.18. The summed E-state index contributed by atoms with van der Waals surface area (Å²) in [5, 5.41) is 23.7. The summed E-state index contributed by atoms with van der Waals surface area (Å²) in [5.41, 5.74) is 2.06. The number of β-amino-alcohol motifs (C(OH)–C–C–N with tert-alkyl or cyclic N) is 1. The number of aryl methyl sites for hydroxylation is 1. The van der Waals surface area contributed by atoms with E-state index >= 15 is 0 Å². The molecule has 4 unspecified atom stereocenters. The van der Waals surface area contributed by atoms with Crippen molar-refractivity contribution in [2.75, 3.05) is 20.1 Å². The standard InChI is InChI=1S/C31H41ClFN3O3S/c1-21-8-5-11-28(33)25(21)10-7-17-31(2,3)34-19-23(37)20-36(4)40-24-14-15-26(27(32)18-24)29-12-6-9-22(35-29)13-16-30(38)39/h5-6,8-9,11-12,14-15,18,21,23,25,34,37H,7,10,13,16-17,19-20H2,1-4H3,(H,38,39)/p+1. The van der Waals surface area contributed by atoms with E-state index in [1.807, 2.05) is 43.4 Å². The molecule has 1 aromatic heterocycles. The number of nitrogens with one attached hydrogen (secondary N) is 2. The number of aliphatic hydroxyl groups is 1. The average molecular weight is 591 g/mol. The number of nitrogens with zero attached hydrogens (tertiary/aromatic N) is 1. The summed E-state index contributed by atoms with van der Waals surface area (Å²) in [6.07, 6.45) is 7.95. The molecule has 0 saturated carbocycles. The maximum absolute atomic E-state index is 14.2. The molecular formula is C31H42ClFN3O3S+. The fourth-order valence-corrected chi connectivity index (χ4v) is 6.23. The van der Waals surface area contributed by atoms with Crippen LogP contribution in [0, 0.1) is 11.8 Å². The van der Waals surface area contributed by atoms with Crippen molar-refractivity contribution in [2.45, 2.75) is 69.4 Å². The van der Waals surface area contributed by atoms with Crippen molar-refractivity contribution < 1.29 is 23.7 Å². The van der Waals surface area contributed by atoms with Crippen LogP contribution in [0.25, 0.3) is 11.3 Å². The van der Waals surface area contributed by atoms with Crippen molar-refractivity contribution in [3.05, 3.63) is 71.2 Å². The fourth-order valence-electron chi connectivity index (χ4n) is 4.90. The van der Waals surface area contributed by atoms with Gasteiger partial charge in [0.05, 0.1) is 29.1 Å². The highest BCUT2D eigenvalue weighted by atomic mass is 35.5. The van der Waals surface area contributed by atoms with Crippen LogP contribution >= 0.6 is 23.5 Å². The number of aliphatic hydroxyl groups excluding tert-OH is 1. The predicted molar refractivity (Wildman–Crippen MR) is 161 cm³/mol. The monoisotopic (exact) mass is 590 g/mol. The van der Waals surface area contributed by atoms with Crippen molar-refractivity contribution in [1.82, 2.24) is 10.3 Å². The molecule has 1 aliphatic rings. The molecule has 218 valence electrons. The Kier molecular flexibility index (Phi) is 12.2. The number of allylic oxidation sites excluding steroid dienone is 4. The zero-order chi connectivity index (χ0) is 29.3. The second-order valence-electron chi connectivity index (χ2n) is 11.3. The van der Waals surface area contributed by atoms with Gasteiger partial charge in [-0.25, -0.2) is 4.39 Å². The van der Waals surface area contributed by atoms with Crippen molar-refractivity contribution in [3.8, 4) is 11.3 Å². The van der Waals surface area contributed by atoms with Gasteiger partial charge in [-0.3, -0.25) is 14.1 Å². The first kappa shape index (κ1) is 32.3. The van der Waals surface area contributed by atoms with Gasteiger partial charge < -0.3 is 15.5 Å². The summed E-state index contributed by atoms with van der Waals surface area (Å²) in [5.74, 6) is -0.678. The van der Waals surface area contributed by atoms with E-state index in [4.69, 9.17) is 16.7 Å². The molecule has 0 radical (unpaired) electrons. The molecule has 0 aliphatic heterocycles. The first-order valence-corrected chi connectivity index (χ1v) is 15.1. The van der Waals surface area contributed by atoms with Gasteiger partial charge in [0.2, 0.25) is 0 Å². The van der Waals surface area contributed by atoms with Gasteiger partial charge in [0.25, 0.3) is 0 Å². The lowest BCUT2D eigenvalue weighted by molar-refractivity contribution is -0.735. The average Bonchev–Trinajstić information content (AvgIpc) is 2.88. The highest BCUT2D eigenvalue weighted by Gasteiger charge is 2.25. The Labute approximate surface area is 246 Å². The van der Waals surface area contributed by atoms with Crippen LogP contribution in [0.3, 0.4) is 0 Å². The third-order valence-corrected chi connectivity index (χ3v) is 8.54. The van der Waals surface area contributed by atoms with E-state index in [1.165, 1.54) is 0 Å². The SMILES string of the molecule is CC1C=CC=C(F)C1CCCC(C)(C)NCC(O)C[NH+](C)Sc1ccc(-c2cccc(CCC(=O)O)n2)c(Cl)c1. The Morgan fingerprint density at radius 1 is 1.30 bits per heavy atom. The maximum atomic E-state index is 14.2.